The van der Waals surface area contributed by atoms with Crippen LogP contribution in [0.1, 0.15) is 42.7 Å². The van der Waals surface area contributed by atoms with Crippen molar-refractivity contribution >= 4 is 46.4 Å². The van der Waals surface area contributed by atoms with Gasteiger partial charge in [-0.05, 0) is 38.0 Å². The maximum atomic E-state index is 13.6. The summed E-state index contributed by atoms with van der Waals surface area (Å²) in [5.41, 5.74) is 0.281. The van der Waals surface area contributed by atoms with Gasteiger partial charge >= 0.3 is 17.9 Å². The predicted molar refractivity (Wildman–Crippen MR) is 134 cm³/mol. The van der Waals surface area contributed by atoms with Gasteiger partial charge in [-0.15, -0.1) is 0 Å². The number of ether oxygens (including phenoxy) is 2. The number of esters is 2. The molecule has 3 aromatic rings. The van der Waals surface area contributed by atoms with E-state index in [-0.39, 0.29) is 49.3 Å². The van der Waals surface area contributed by atoms with Crippen molar-refractivity contribution in [3.63, 3.8) is 0 Å². The number of fused-ring (bicyclic) bond motifs is 1. The molecule has 0 bridgehead atoms. The number of carbonyl (C=O) groups excluding carboxylic acids is 3. The van der Waals surface area contributed by atoms with E-state index in [1.807, 2.05) is 0 Å². The van der Waals surface area contributed by atoms with Crippen LogP contribution in [0.2, 0.25) is 0 Å². The average molecular weight is 545 g/mol. The third-order valence-electron chi connectivity index (χ3n) is 5.34. The molecule has 0 aliphatic carbocycles. The van der Waals surface area contributed by atoms with E-state index in [1.54, 1.807) is 38.1 Å². The molecule has 3 rings (SSSR count). The van der Waals surface area contributed by atoms with Crippen LogP contribution in [-0.2, 0) is 30.3 Å². The Morgan fingerprint density at radius 1 is 0.949 bits per heavy atom. The van der Waals surface area contributed by atoms with Crippen LogP contribution in [0.4, 0.5) is 20.3 Å². The van der Waals surface area contributed by atoms with Crippen LogP contribution in [0.15, 0.2) is 36.4 Å². The number of amides is 1. The topological polar surface area (TPSA) is 157 Å². The Morgan fingerprint density at radius 3 is 2.15 bits per heavy atom. The molecular weight excluding hydrogens is 518 g/mol. The van der Waals surface area contributed by atoms with Gasteiger partial charge in [0.15, 0.2) is 23.1 Å². The first-order valence-electron chi connectivity index (χ1n) is 12.0. The molecule has 0 radical (unpaired) electrons. The lowest BCUT2D eigenvalue weighted by atomic mass is 10.1. The molecule has 0 aliphatic heterocycles. The van der Waals surface area contributed by atoms with Gasteiger partial charge in [-0.1, -0.05) is 12.1 Å². The number of aromatic nitrogens is 2. The summed E-state index contributed by atoms with van der Waals surface area (Å²) in [6, 6.07) is 6.82. The molecule has 1 heterocycles. The number of benzene rings is 2. The minimum Gasteiger partial charge on any atom is -0.476 e. The number of hydrogen-bond donors (Lipinski definition) is 3. The number of nitrogens with zero attached hydrogens (tertiary/aromatic N) is 2. The van der Waals surface area contributed by atoms with Gasteiger partial charge in [0.25, 0.3) is 0 Å². The lowest BCUT2D eigenvalue weighted by Gasteiger charge is -2.17. The summed E-state index contributed by atoms with van der Waals surface area (Å²) >= 11 is 0. The maximum absolute atomic E-state index is 13.6. The third-order valence-corrected chi connectivity index (χ3v) is 5.34. The fourth-order valence-electron chi connectivity index (χ4n) is 3.55. The Hall–Kier alpha value is -4.68. The SMILES string of the molecule is CCOC(=O)CC[C@H](NC(=O)Cc1ccc(Nc2nc3cc(F)c(F)cc3nc2C(=O)O)cc1)C(=O)OCC. The first-order valence-corrected chi connectivity index (χ1v) is 12.0. The van der Waals surface area contributed by atoms with E-state index in [2.05, 4.69) is 20.6 Å². The quantitative estimate of drug-likeness (QED) is 0.289. The zero-order valence-corrected chi connectivity index (χ0v) is 21.1. The number of carbonyl (C=O) groups is 4. The lowest BCUT2D eigenvalue weighted by molar-refractivity contribution is -0.148. The molecule has 0 fully saturated rings. The van der Waals surface area contributed by atoms with Crippen molar-refractivity contribution in [2.75, 3.05) is 18.5 Å². The highest BCUT2D eigenvalue weighted by molar-refractivity contribution is 5.95. The van der Waals surface area contributed by atoms with Crippen molar-refractivity contribution in [1.82, 2.24) is 15.3 Å². The van der Waals surface area contributed by atoms with Crippen LogP contribution in [0.5, 0.6) is 0 Å². The zero-order valence-electron chi connectivity index (χ0n) is 21.1. The summed E-state index contributed by atoms with van der Waals surface area (Å²) in [6.07, 6.45) is -0.159. The van der Waals surface area contributed by atoms with Crippen molar-refractivity contribution in [3.8, 4) is 0 Å². The number of hydrogen-bond acceptors (Lipinski definition) is 9. The van der Waals surface area contributed by atoms with Crippen molar-refractivity contribution in [2.24, 2.45) is 0 Å². The number of carboxylic acid groups (broad SMARTS) is 1. The zero-order chi connectivity index (χ0) is 28.5. The van der Waals surface area contributed by atoms with Gasteiger partial charge in [-0.3, -0.25) is 9.59 Å². The first kappa shape index (κ1) is 28.9. The summed E-state index contributed by atoms with van der Waals surface area (Å²) in [6.45, 7) is 3.59. The van der Waals surface area contributed by atoms with Gasteiger partial charge < -0.3 is 25.2 Å². The van der Waals surface area contributed by atoms with Gasteiger partial charge in [-0.25, -0.2) is 28.3 Å². The van der Waals surface area contributed by atoms with Crippen LogP contribution in [0.25, 0.3) is 11.0 Å². The van der Waals surface area contributed by atoms with Crippen LogP contribution in [0.3, 0.4) is 0 Å². The Balaban J connectivity index is 1.70. The molecule has 0 saturated heterocycles. The Labute approximate surface area is 221 Å². The van der Waals surface area contributed by atoms with E-state index >= 15 is 0 Å². The van der Waals surface area contributed by atoms with Crippen LogP contribution >= 0.6 is 0 Å². The summed E-state index contributed by atoms with van der Waals surface area (Å²) in [5.74, 6) is -5.60. The average Bonchev–Trinajstić information content (AvgIpc) is 2.88. The highest BCUT2D eigenvalue weighted by Crippen LogP contribution is 2.23. The van der Waals surface area contributed by atoms with Gasteiger partial charge in [-0.2, -0.15) is 0 Å². The van der Waals surface area contributed by atoms with Gasteiger partial charge in [0.05, 0.1) is 30.7 Å². The van der Waals surface area contributed by atoms with Gasteiger partial charge in [0, 0.05) is 24.2 Å². The van der Waals surface area contributed by atoms with Crippen molar-refractivity contribution in [1.29, 1.82) is 0 Å². The molecule has 2 aromatic carbocycles. The normalized spacial score (nSPS) is 11.5. The highest BCUT2D eigenvalue weighted by atomic mass is 19.2. The van der Waals surface area contributed by atoms with E-state index < -0.39 is 47.2 Å². The fourth-order valence-corrected chi connectivity index (χ4v) is 3.55. The standard InChI is InChI=1S/C26H26F2N4O7/c1-3-38-22(34)10-9-18(26(37)39-4-2)30-21(33)11-14-5-7-15(8-6-14)29-24-23(25(35)36)31-19-12-16(27)17(28)13-20(19)32-24/h5-8,12-13,18H,3-4,9-11H2,1-2H3,(H,29,32)(H,30,33)(H,35,36)/t18-/m0/s1. The minimum absolute atomic E-state index is 0.0154. The number of anilines is 2. The molecule has 0 unspecified atom stereocenters. The summed E-state index contributed by atoms with van der Waals surface area (Å²) in [4.78, 5) is 56.1. The predicted octanol–water partition coefficient (Wildman–Crippen LogP) is 3.28. The second-order valence-electron chi connectivity index (χ2n) is 8.20. The van der Waals surface area contributed by atoms with Crippen LogP contribution in [0, 0.1) is 11.6 Å². The van der Waals surface area contributed by atoms with E-state index in [1.165, 1.54) is 0 Å². The molecule has 0 spiro atoms. The van der Waals surface area contributed by atoms with Crippen LogP contribution in [-0.4, -0.2) is 58.1 Å². The van der Waals surface area contributed by atoms with Crippen molar-refractivity contribution in [3.05, 3.63) is 59.3 Å². The number of nitrogens with one attached hydrogen (secondary N) is 2. The third kappa shape index (κ3) is 7.90. The summed E-state index contributed by atoms with van der Waals surface area (Å²) in [5, 5.41) is 14.8. The summed E-state index contributed by atoms with van der Waals surface area (Å²) in [7, 11) is 0. The number of carboxylic acids is 1. The number of rotatable bonds is 12. The molecule has 0 aliphatic rings. The van der Waals surface area contributed by atoms with E-state index in [9.17, 15) is 33.1 Å². The van der Waals surface area contributed by atoms with Crippen molar-refractivity contribution in [2.45, 2.75) is 39.2 Å². The second-order valence-corrected chi connectivity index (χ2v) is 8.20. The highest BCUT2D eigenvalue weighted by Gasteiger charge is 2.23. The molecule has 1 amide bonds. The van der Waals surface area contributed by atoms with Gasteiger partial charge in [0.2, 0.25) is 5.91 Å². The van der Waals surface area contributed by atoms with E-state index in [0.717, 1.165) is 12.1 Å². The molecule has 13 heteroatoms. The molecule has 0 saturated carbocycles. The fraction of sp³-hybridized carbons (Fsp3) is 0.308. The second kappa shape index (κ2) is 13.2. The molecule has 1 aromatic heterocycles. The molecular formula is C26H26F2N4O7. The van der Waals surface area contributed by atoms with Gasteiger partial charge in [0.1, 0.15) is 6.04 Å². The lowest BCUT2D eigenvalue weighted by Crippen LogP contribution is -2.43. The minimum atomic E-state index is -1.43. The van der Waals surface area contributed by atoms with Crippen LogP contribution < -0.4 is 10.6 Å². The smallest absolute Gasteiger partial charge is 0.358 e. The Kier molecular flexibility index (Phi) is 9.79. The molecule has 3 N–H and O–H groups in total. The molecule has 39 heavy (non-hydrogen) atoms. The van der Waals surface area contributed by atoms with E-state index in [0.29, 0.717) is 11.3 Å². The molecule has 206 valence electrons. The first-order chi connectivity index (χ1) is 18.6. The Morgan fingerprint density at radius 2 is 1.56 bits per heavy atom. The number of aromatic carboxylic acids is 1. The molecule has 1 atom stereocenters. The summed E-state index contributed by atoms with van der Waals surface area (Å²) < 4.78 is 37.0. The van der Waals surface area contributed by atoms with E-state index in [4.69, 9.17) is 9.47 Å². The number of halogens is 2. The Bertz CT molecular complexity index is 1380. The largest absolute Gasteiger partial charge is 0.476 e. The maximum Gasteiger partial charge on any atom is 0.358 e. The monoisotopic (exact) mass is 544 g/mol. The molecule has 11 nitrogen and oxygen atoms in total. The van der Waals surface area contributed by atoms with Crippen molar-refractivity contribution < 1.29 is 42.5 Å².